The number of aromatic nitrogens is 3. The van der Waals surface area contributed by atoms with Crippen LogP contribution in [0.15, 0.2) is 23.4 Å². The first-order valence-electron chi connectivity index (χ1n) is 12.1. The van der Waals surface area contributed by atoms with E-state index in [1.165, 1.54) is 28.0 Å². The Labute approximate surface area is 219 Å². The van der Waals surface area contributed by atoms with E-state index < -0.39 is 0 Å². The van der Waals surface area contributed by atoms with Crippen molar-refractivity contribution in [2.24, 2.45) is 13.0 Å². The van der Waals surface area contributed by atoms with Crippen LogP contribution in [-0.4, -0.2) is 39.0 Å². The predicted octanol–water partition coefficient (Wildman–Crippen LogP) is 5.10. The summed E-state index contributed by atoms with van der Waals surface area (Å²) in [6.45, 7) is 8.64. The van der Waals surface area contributed by atoms with Crippen LogP contribution >= 0.6 is 23.1 Å². The zero-order valence-corrected chi connectivity index (χ0v) is 23.0. The maximum Gasteiger partial charge on any atom is 0.341 e. The molecule has 10 heteroatoms. The molecule has 3 aromatic rings. The van der Waals surface area contributed by atoms with Crippen LogP contribution in [0.5, 0.6) is 5.75 Å². The largest absolute Gasteiger partial charge is 0.486 e. The summed E-state index contributed by atoms with van der Waals surface area (Å²) in [4.78, 5) is 26.7. The fourth-order valence-electron chi connectivity index (χ4n) is 4.31. The number of carbonyl (C=O) groups excluding carboxylic acids is 2. The Hall–Kier alpha value is -2.85. The molecule has 4 rings (SSSR count). The van der Waals surface area contributed by atoms with Gasteiger partial charge in [-0.1, -0.05) is 24.8 Å². The summed E-state index contributed by atoms with van der Waals surface area (Å²) >= 11 is 2.78. The summed E-state index contributed by atoms with van der Waals surface area (Å²) in [5.41, 5.74) is 3.82. The first kappa shape index (κ1) is 26.2. The number of benzene rings is 1. The van der Waals surface area contributed by atoms with Gasteiger partial charge in [0.05, 0.1) is 17.9 Å². The lowest BCUT2D eigenvalue weighted by Crippen LogP contribution is -2.18. The Morgan fingerprint density at radius 3 is 2.69 bits per heavy atom. The van der Waals surface area contributed by atoms with Crippen LogP contribution in [-0.2, 0) is 36.0 Å². The zero-order chi connectivity index (χ0) is 25.8. The van der Waals surface area contributed by atoms with Crippen molar-refractivity contribution in [2.75, 3.05) is 17.7 Å². The molecule has 0 saturated heterocycles. The van der Waals surface area contributed by atoms with Gasteiger partial charge in [-0.25, -0.2) is 4.79 Å². The molecule has 36 heavy (non-hydrogen) atoms. The van der Waals surface area contributed by atoms with Gasteiger partial charge < -0.3 is 19.4 Å². The van der Waals surface area contributed by atoms with Gasteiger partial charge in [-0.05, 0) is 74.8 Å². The zero-order valence-electron chi connectivity index (χ0n) is 21.3. The van der Waals surface area contributed by atoms with Crippen molar-refractivity contribution in [2.45, 2.75) is 58.7 Å². The molecule has 2 heterocycles. The van der Waals surface area contributed by atoms with Gasteiger partial charge >= 0.3 is 5.97 Å². The van der Waals surface area contributed by atoms with Crippen LogP contribution in [0.2, 0.25) is 0 Å². The van der Waals surface area contributed by atoms with Gasteiger partial charge in [-0.15, -0.1) is 21.5 Å². The lowest BCUT2D eigenvalue weighted by molar-refractivity contribution is -0.113. The second-order valence-electron chi connectivity index (χ2n) is 9.18. The summed E-state index contributed by atoms with van der Waals surface area (Å²) in [5, 5.41) is 12.6. The molecule has 0 bridgehead atoms. The number of nitrogens with zero attached hydrogens (tertiary/aromatic N) is 3. The summed E-state index contributed by atoms with van der Waals surface area (Å²) in [6.07, 6.45) is 2.78. The van der Waals surface area contributed by atoms with E-state index in [9.17, 15) is 9.59 Å². The maximum atomic E-state index is 12.8. The number of esters is 1. The Bertz CT molecular complexity index is 1250. The number of hydrogen-bond donors (Lipinski definition) is 1. The van der Waals surface area contributed by atoms with Crippen LogP contribution in [0.3, 0.4) is 0 Å². The molecule has 192 valence electrons. The normalized spacial score (nSPS) is 14.9. The highest BCUT2D eigenvalue weighted by Crippen LogP contribution is 2.40. The van der Waals surface area contributed by atoms with Crippen LogP contribution in [0.25, 0.3) is 0 Å². The molecule has 0 saturated carbocycles. The predicted molar refractivity (Wildman–Crippen MR) is 142 cm³/mol. The van der Waals surface area contributed by atoms with Gasteiger partial charge in [0.15, 0.2) is 11.0 Å². The Balaban J connectivity index is 1.39. The van der Waals surface area contributed by atoms with Gasteiger partial charge in [0.2, 0.25) is 5.91 Å². The summed E-state index contributed by atoms with van der Waals surface area (Å²) in [7, 11) is 1.85. The molecule has 1 atom stereocenters. The SMILES string of the molecule is CCOC(=O)c1c(NC(=O)CSc2nnc(COc3cc(C)cc(C)c3)n2C)sc2c1CCC(C)C2. The van der Waals surface area contributed by atoms with E-state index in [0.29, 0.717) is 34.1 Å². The van der Waals surface area contributed by atoms with Crippen molar-refractivity contribution >= 4 is 40.0 Å². The molecule has 8 nitrogen and oxygen atoms in total. The highest BCUT2D eigenvalue weighted by Gasteiger charge is 2.29. The minimum absolute atomic E-state index is 0.144. The van der Waals surface area contributed by atoms with Crippen molar-refractivity contribution in [1.29, 1.82) is 0 Å². The van der Waals surface area contributed by atoms with Crippen LogP contribution in [0.4, 0.5) is 5.00 Å². The Morgan fingerprint density at radius 1 is 1.22 bits per heavy atom. The summed E-state index contributed by atoms with van der Waals surface area (Å²) in [5.74, 6) is 1.60. The molecule has 1 aliphatic carbocycles. The van der Waals surface area contributed by atoms with E-state index in [-0.39, 0.29) is 24.2 Å². The number of fused-ring (bicyclic) bond motifs is 1. The highest BCUT2D eigenvalue weighted by molar-refractivity contribution is 7.99. The number of amides is 1. The van der Waals surface area contributed by atoms with Gasteiger partial charge in [0.25, 0.3) is 0 Å². The van der Waals surface area contributed by atoms with Gasteiger partial charge in [0, 0.05) is 11.9 Å². The summed E-state index contributed by atoms with van der Waals surface area (Å²) in [6, 6.07) is 6.06. The highest BCUT2D eigenvalue weighted by atomic mass is 32.2. The number of hydrogen-bond acceptors (Lipinski definition) is 8. The number of carbonyl (C=O) groups is 2. The standard InChI is InChI=1S/C26H32N4O4S2/c1-6-33-25(32)23-19-8-7-15(2)12-20(19)36-24(23)27-22(31)14-35-26-29-28-21(30(26)5)13-34-18-10-16(3)9-17(4)11-18/h9-11,15H,6-8,12-14H2,1-5H3,(H,27,31). The van der Waals surface area contributed by atoms with Crippen molar-refractivity contribution in [1.82, 2.24) is 14.8 Å². The fraction of sp³-hybridized carbons (Fsp3) is 0.462. The second kappa shape index (κ2) is 11.5. The molecular formula is C26H32N4O4S2. The molecule has 0 radical (unpaired) electrons. The molecular weight excluding hydrogens is 496 g/mol. The number of aryl methyl sites for hydroxylation is 2. The van der Waals surface area contributed by atoms with E-state index in [2.05, 4.69) is 28.5 Å². The third-order valence-corrected chi connectivity index (χ3v) is 8.25. The van der Waals surface area contributed by atoms with Crippen molar-refractivity contribution < 1.29 is 19.1 Å². The van der Waals surface area contributed by atoms with Gasteiger partial charge in [-0.3, -0.25) is 4.79 Å². The van der Waals surface area contributed by atoms with Crippen LogP contribution < -0.4 is 10.1 Å². The third-order valence-electron chi connectivity index (χ3n) is 6.06. The van der Waals surface area contributed by atoms with Crippen LogP contribution in [0, 0.1) is 19.8 Å². The quantitative estimate of drug-likeness (QED) is 0.305. The first-order chi connectivity index (χ1) is 17.2. The lowest BCUT2D eigenvalue weighted by Gasteiger charge is -2.18. The number of ether oxygens (including phenoxy) is 2. The number of thioether (sulfide) groups is 1. The molecule has 0 spiro atoms. The Kier molecular flexibility index (Phi) is 8.35. The third kappa shape index (κ3) is 6.10. The molecule has 0 aliphatic heterocycles. The molecule has 1 aromatic carbocycles. The molecule has 1 N–H and O–H groups in total. The van der Waals surface area contributed by atoms with E-state index in [1.807, 2.05) is 37.6 Å². The van der Waals surface area contributed by atoms with E-state index in [4.69, 9.17) is 9.47 Å². The smallest absolute Gasteiger partial charge is 0.341 e. The lowest BCUT2D eigenvalue weighted by atomic mass is 9.88. The van der Waals surface area contributed by atoms with Crippen molar-refractivity contribution in [3.8, 4) is 5.75 Å². The van der Waals surface area contributed by atoms with E-state index in [0.717, 1.165) is 41.7 Å². The Morgan fingerprint density at radius 2 is 1.97 bits per heavy atom. The fourth-order valence-corrected chi connectivity index (χ4v) is 6.46. The van der Waals surface area contributed by atoms with E-state index in [1.54, 1.807) is 6.92 Å². The number of nitrogens with one attached hydrogen (secondary N) is 1. The average Bonchev–Trinajstić information content (AvgIpc) is 3.34. The van der Waals surface area contributed by atoms with Gasteiger partial charge in [0.1, 0.15) is 17.4 Å². The minimum Gasteiger partial charge on any atom is -0.486 e. The molecule has 2 aromatic heterocycles. The number of rotatable bonds is 9. The average molecular weight is 529 g/mol. The maximum absolute atomic E-state index is 12.8. The molecule has 1 aliphatic rings. The topological polar surface area (TPSA) is 95.3 Å². The number of anilines is 1. The van der Waals surface area contributed by atoms with Gasteiger partial charge in [-0.2, -0.15) is 0 Å². The van der Waals surface area contributed by atoms with Crippen LogP contribution in [0.1, 0.15) is 58.0 Å². The number of thiophene rings is 1. The van der Waals surface area contributed by atoms with E-state index >= 15 is 0 Å². The second-order valence-corrected chi connectivity index (χ2v) is 11.2. The summed E-state index contributed by atoms with van der Waals surface area (Å²) < 4.78 is 13.0. The first-order valence-corrected chi connectivity index (χ1v) is 13.9. The molecule has 0 fully saturated rings. The monoisotopic (exact) mass is 528 g/mol. The van der Waals surface area contributed by atoms with Crippen molar-refractivity contribution in [3.63, 3.8) is 0 Å². The van der Waals surface area contributed by atoms with Crippen molar-refractivity contribution in [3.05, 3.63) is 51.2 Å². The molecule has 1 unspecified atom stereocenters. The molecule has 1 amide bonds. The minimum atomic E-state index is -0.366.